The lowest BCUT2D eigenvalue weighted by atomic mass is 9.91. The Morgan fingerprint density at radius 2 is 1.77 bits per heavy atom. The maximum Gasteiger partial charge on any atom is 0.118 e. The molecule has 0 N–H and O–H groups in total. The largest absolute Gasteiger partial charge is 0.497 e. The monoisotopic (exact) mass is 418 g/mol. The number of pyridine rings is 1. The Kier molecular flexibility index (Phi) is 6.71. The highest BCUT2D eigenvalue weighted by atomic mass is 16.5. The first-order valence-corrected chi connectivity index (χ1v) is 11.4. The third-order valence-electron chi connectivity index (χ3n) is 6.37. The predicted octanol–water partition coefficient (Wildman–Crippen LogP) is 4.89. The molecular weight excluding hydrogens is 384 g/mol. The lowest BCUT2D eigenvalue weighted by molar-refractivity contribution is 0.203. The number of aryl methyl sites for hydroxylation is 3. The van der Waals surface area contributed by atoms with Gasteiger partial charge in [-0.25, -0.2) is 0 Å². The first kappa shape index (κ1) is 21.6. The highest BCUT2D eigenvalue weighted by molar-refractivity contribution is 5.33. The van der Waals surface area contributed by atoms with Crippen molar-refractivity contribution in [2.24, 2.45) is 0 Å². The second kappa shape index (κ2) is 9.65. The molecule has 0 saturated carbocycles. The molecule has 1 saturated heterocycles. The lowest BCUT2D eigenvalue weighted by Gasteiger charge is -2.31. The van der Waals surface area contributed by atoms with E-state index >= 15 is 0 Å². The van der Waals surface area contributed by atoms with E-state index in [1.54, 1.807) is 7.11 Å². The summed E-state index contributed by atoms with van der Waals surface area (Å²) >= 11 is 0. The van der Waals surface area contributed by atoms with Crippen LogP contribution in [0, 0.1) is 13.8 Å². The second-order valence-electron chi connectivity index (χ2n) is 8.71. The summed E-state index contributed by atoms with van der Waals surface area (Å²) in [4.78, 5) is 7.48. The zero-order valence-electron chi connectivity index (χ0n) is 19.3. The highest BCUT2D eigenvalue weighted by Gasteiger charge is 2.23. The second-order valence-corrected chi connectivity index (χ2v) is 8.71. The summed E-state index contributed by atoms with van der Waals surface area (Å²) in [7, 11) is 1.71. The summed E-state index contributed by atoms with van der Waals surface area (Å²) in [6.45, 7) is 10.5. The lowest BCUT2D eigenvalue weighted by Crippen LogP contribution is -2.32. The van der Waals surface area contributed by atoms with Crippen LogP contribution in [0.1, 0.15) is 59.5 Å². The number of ether oxygens (including phenoxy) is 1. The van der Waals surface area contributed by atoms with Gasteiger partial charge in [-0.15, -0.1) is 0 Å². The molecule has 1 aromatic carbocycles. The summed E-state index contributed by atoms with van der Waals surface area (Å²) < 4.78 is 7.32. The number of aromatic nitrogens is 3. The molecule has 1 aliphatic rings. The maximum absolute atomic E-state index is 5.28. The molecule has 3 heterocycles. The first-order chi connectivity index (χ1) is 15.0. The van der Waals surface area contributed by atoms with Gasteiger partial charge in [-0.05, 0) is 88.5 Å². The molecule has 0 amide bonds. The van der Waals surface area contributed by atoms with Crippen molar-refractivity contribution in [1.82, 2.24) is 19.7 Å². The van der Waals surface area contributed by atoms with Gasteiger partial charge in [0.2, 0.25) is 0 Å². The number of hydrogen-bond donors (Lipinski definition) is 0. The van der Waals surface area contributed by atoms with Crippen LogP contribution in [0.15, 0.2) is 42.6 Å². The van der Waals surface area contributed by atoms with Crippen molar-refractivity contribution in [3.63, 3.8) is 0 Å². The Hall–Kier alpha value is -2.66. The fourth-order valence-electron chi connectivity index (χ4n) is 4.56. The average molecular weight is 419 g/mol. The zero-order chi connectivity index (χ0) is 21.8. The predicted molar refractivity (Wildman–Crippen MR) is 125 cm³/mol. The standard InChI is InChI=1S/C26H34N4O/c1-5-30-18-24(20(3)28-30)17-29-12-10-23(11-13-29)26-16-22(14-19(2)27-26)15-21-6-8-25(31-4)9-7-21/h6-9,14,16,18,23H,5,10-13,15,17H2,1-4H3. The molecule has 2 aromatic heterocycles. The Morgan fingerprint density at radius 1 is 1.03 bits per heavy atom. The molecule has 0 atom stereocenters. The van der Waals surface area contributed by atoms with E-state index in [4.69, 9.17) is 9.72 Å². The molecule has 0 aliphatic carbocycles. The van der Waals surface area contributed by atoms with Crippen molar-refractivity contribution in [3.8, 4) is 5.75 Å². The van der Waals surface area contributed by atoms with E-state index in [0.717, 1.165) is 49.7 Å². The molecule has 0 spiro atoms. The maximum atomic E-state index is 5.28. The van der Waals surface area contributed by atoms with Gasteiger partial charge < -0.3 is 4.74 Å². The van der Waals surface area contributed by atoms with Crippen LogP contribution in [-0.2, 0) is 19.5 Å². The zero-order valence-corrected chi connectivity index (χ0v) is 19.3. The molecule has 3 aromatic rings. The van der Waals surface area contributed by atoms with E-state index in [-0.39, 0.29) is 0 Å². The minimum absolute atomic E-state index is 0.547. The van der Waals surface area contributed by atoms with Crippen LogP contribution in [0.2, 0.25) is 0 Å². The van der Waals surface area contributed by atoms with Gasteiger partial charge in [0, 0.05) is 42.2 Å². The van der Waals surface area contributed by atoms with Gasteiger partial charge in [-0.3, -0.25) is 14.6 Å². The van der Waals surface area contributed by atoms with E-state index < -0.39 is 0 Å². The molecule has 0 unspecified atom stereocenters. The molecule has 5 nitrogen and oxygen atoms in total. The van der Waals surface area contributed by atoms with Crippen molar-refractivity contribution in [3.05, 3.63) is 76.4 Å². The van der Waals surface area contributed by atoms with Gasteiger partial charge in [-0.1, -0.05) is 12.1 Å². The number of benzene rings is 1. The number of methoxy groups -OCH3 is 1. The fraction of sp³-hybridized carbons (Fsp3) is 0.462. The summed E-state index contributed by atoms with van der Waals surface area (Å²) in [5, 5.41) is 4.59. The van der Waals surface area contributed by atoms with Crippen molar-refractivity contribution >= 4 is 0 Å². The van der Waals surface area contributed by atoms with Crippen LogP contribution in [0.25, 0.3) is 0 Å². The van der Waals surface area contributed by atoms with Gasteiger partial charge in [0.05, 0.1) is 12.8 Å². The third kappa shape index (κ3) is 5.34. The van der Waals surface area contributed by atoms with Gasteiger partial charge in [0.25, 0.3) is 0 Å². The average Bonchev–Trinajstić information content (AvgIpc) is 3.14. The van der Waals surface area contributed by atoms with Crippen molar-refractivity contribution < 1.29 is 4.74 Å². The molecule has 0 radical (unpaired) electrons. The quantitative estimate of drug-likeness (QED) is 0.548. The fourth-order valence-corrected chi connectivity index (χ4v) is 4.56. The number of rotatable bonds is 7. The summed E-state index contributed by atoms with van der Waals surface area (Å²) in [5.41, 5.74) is 7.54. The van der Waals surface area contributed by atoms with E-state index in [9.17, 15) is 0 Å². The Balaban J connectivity index is 1.39. The molecular formula is C26H34N4O. The van der Waals surface area contributed by atoms with Gasteiger partial charge in [-0.2, -0.15) is 5.10 Å². The number of likely N-dealkylation sites (tertiary alicyclic amines) is 1. The molecule has 5 heteroatoms. The van der Waals surface area contributed by atoms with E-state index in [1.807, 2.05) is 16.8 Å². The van der Waals surface area contributed by atoms with Crippen LogP contribution in [0.3, 0.4) is 0 Å². The van der Waals surface area contributed by atoms with Gasteiger partial charge in [0.1, 0.15) is 5.75 Å². The Bertz CT molecular complexity index is 1000. The summed E-state index contributed by atoms with van der Waals surface area (Å²) in [6, 6.07) is 12.9. The van der Waals surface area contributed by atoms with Crippen LogP contribution in [0.5, 0.6) is 5.75 Å². The highest BCUT2D eigenvalue weighted by Crippen LogP contribution is 2.29. The number of hydrogen-bond acceptors (Lipinski definition) is 4. The molecule has 0 bridgehead atoms. The normalized spacial score (nSPS) is 15.4. The summed E-state index contributed by atoms with van der Waals surface area (Å²) in [6.07, 6.45) is 5.47. The minimum Gasteiger partial charge on any atom is -0.497 e. The van der Waals surface area contributed by atoms with Crippen LogP contribution >= 0.6 is 0 Å². The first-order valence-electron chi connectivity index (χ1n) is 11.4. The molecule has 164 valence electrons. The molecule has 1 fully saturated rings. The molecule has 31 heavy (non-hydrogen) atoms. The SMILES string of the molecule is CCn1cc(CN2CCC(c3cc(Cc4ccc(OC)cc4)cc(C)n3)CC2)c(C)n1. The number of piperidine rings is 1. The Labute approximate surface area is 186 Å². The Morgan fingerprint density at radius 3 is 2.42 bits per heavy atom. The van der Waals surface area contributed by atoms with Crippen molar-refractivity contribution in [2.45, 2.75) is 59.0 Å². The third-order valence-corrected chi connectivity index (χ3v) is 6.37. The molecule has 1 aliphatic heterocycles. The van der Waals surface area contributed by atoms with Gasteiger partial charge >= 0.3 is 0 Å². The van der Waals surface area contributed by atoms with E-state index in [1.165, 1.54) is 35.2 Å². The van der Waals surface area contributed by atoms with Crippen molar-refractivity contribution in [1.29, 1.82) is 0 Å². The topological polar surface area (TPSA) is 43.2 Å². The minimum atomic E-state index is 0.547. The summed E-state index contributed by atoms with van der Waals surface area (Å²) in [5.74, 6) is 1.45. The van der Waals surface area contributed by atoms with Crippen LogP contribution in [-0.4, -0.2) is 39.9 Å². The van der Waals surface area contributed by atoms with E-state index in [0.29, 0.717) is 5.92 Å². The van der Waals surface area contributed by atoms with Crippen LogP contribution in [0.4, 0.5) is 0 Å². The molecule has 4 rings (SSSR count). The van der Waals surface area contributed by atoms with E-state index in [2.05, 4.69) is 61.2 Å². The number of nitrogens with zero attached hydrogens (tertiary/aromatic N) is 4. The smallest absolute Gasteiger partial charge is 0.118 e. The van der Waals surface area contributed by atoms with Gasteiger partial charge in [0.15, 0.2) is 0 Å². The van der Waals surface area contributed by atoms with Crippen LogP contribution < -0.4 is 4.74 Å². The van der Waals surface area contributed by atoms with Crippen molar-refractivity contribution in [2.75, 3.05) is 20.2 Å².